The maximum Gasteiger partial charge on any atom is 0.338 e. The SMILES string of the molecule is CCCOC(=O)c1ccc(NC(=O)CCCC(=O)OCC(=O)NNC(=O)c2ccc(Br)cc2)cc1. The van der Waals surface area contributed by atoms with Gasteiger partial charge in [0.25, 0.3) is 11.8 Å². The zero-order valence-electron chi connectivity index (χ0n) is 19.1. The van der Waals surface area contributed by atoms with Crippen LogP contribution < -0.4 is 16.2 Å². The Balaban J connectivity index is 1.61. The molecule has 0 heterocycles. The fourth-order valence-electron chi connectivity index (χ4n) is 2.64. The molecule has 0 aliphatic heterocycles. The maximum atomic E-state index is 12.0. The quantitative estimate of drug-likeness (QED) is 0.290. The van der Waals surface area contributed by atoms with Gasteiger partial charge in [-0.2, -0.15) is 0 Å². The zero-order chi connectivity index (χ0) is 25.6. The molecule has 3 amide bonds. The summed E-state index contributed by atoms with van der Waals surface area (Å²) in [6, 6.07) is 12.8. The van der Waals surface area contributed by atoms with Crippen LogP contribution in [0.5, 0.6) is 0 Å². The van der Waals surface area contributed by atoms with E-state index >= 15 is 0 Å². The van der Waals surface area contributed by atoms with Crippen molar-refractivity contribution in [2.24, 2.45) is 0 Å². The number of halogens is 1. The highest BCUT2D eigenvalue weighted by atomic mass is 79.9. The smallest absolute Gasteiger partial charge is 0.338 e. The molecule has 2 aromatic carbocycles. The summed E-state index contributed by atoms with van der Waals surface area (Å²) in [5.74, 6) is -2.61. The molecule has 3 N–H and O–H groups in total. The van der Waals surface area contributed by atoms with Crippen molar-refractivity contribution in [2.75, 3.05) is 18.5 Å². The molecule has 2 rings (SSSR count). The Labute approximate surface area is 210 Å². The predicted octanol–water partition coefficient (Wildman–Crippen LogP) is 3.13. The number of benzene rings is 2. The Morgan fingerprint density at radius 2 is 1.46 bits per heavy atom. The molecule has 0 spiro atoms. The number of esters is 2. The number of ether oxygens (including phenoxy) is 2. The number of hydrazine groups is 1. The predicted molar refractivity (Wildman–Crippen MR) is 130 cm³/mol. The molecule has 0 radical (unpaired) electrons. The molecule has 0 fully saturated rings. The monoisotopic (exact) mass is 547 g/mol. The molecule has 10 nitrogen and oxygen atoms in total. The number of hydrogen-bond acceptors (Lipinski definition) is 7. The minimum Gasteiger partial charge on any atom is -0.462 e. The van der Waals surface area contributed by atoms with Gasteiger partial charge in [-0.05, 0) is 61.4 Å². The third kappa shape index (κ3) is 10.4. The molecule has 0 saturated carbocycles. The molecule has 11 heteroatoms. The van der Waals surface area contributed by atoms with Gasteiger partial charge in [-0.3, -0.25) is 30.0 Å². The van der Waals surface area contributed by atoms with Crippen LogP contribution >= 0.6 is 15.9 Å². The number of carbonyl (C=O) groups is 5. The highest BCUT2D eigenvalue weighted by molar-refractivity contribution is 9.10. The first-order valence-corrected chi connectivity index (χ1v) is 11.6. The largest absolute Gasteiger partial charge is 0.462 e. The minimum absolute atomic E-state index is 0.0604. The summed E-state index contributed by atoms with van der Waals surface area (Å²) in [5.41, 5.74) is 5.60. The molecule has 0 atom stereocenters. The Hall–Kier alpha value is -3.73. The Bertz CT molecular complexity index is 1040. The Morgan fingerprint density at radius 1 is 0.800 bits per heavy atom. The maximum absolute atomic E-state index is 12.0. The lowest BCUT2D eigenvalue weighted by atomic mass is 10.2. The normalized spacial score (nSPS) is 10.1. The van der Waals surface area contributed by atoms with Crippen molar-refractivity contribution in [3.8, 4) is 0 Å². The van der Waals surface area contributed by atoms with Crippen LogP contribution in [-0.2, 0) is 23.9 Å². The van der Waals surface area contributed by atoms with Crippen LogP contribution in [0.4, 0.5) is 5.69 Å². The fraction of sp³-hybridized carbons (Fsp3) is 0.292. The van der Waals surface area contributed by atoms with Gasteiger partial charge >= 0.3 is 11.9 Å². The van der Waals surface area contributed by atoms with Gasteiger partial charge in [-0.25, -0.2) is 4.79 Å². The second-order valence-electron chi connectivity index (χ2n) is 7.28. The van der Waals surface area contributed by atoms with Crippen LogP contribution in [0, 0.1) is 0 Å². The second kappa shape index (κ2) is 14.5. The fourth-order valence-corrected chi connectivity index (χ4v) is 2.90. The molecule has 0 aromatic heterocycles. The molecule has 2 aromatic rings. The van der Waals surface area contributed by atoms with Gasteiger partial charge in [0.2, 0.25) is 5.91 Å². The van der Waals surface area contributed by atoms with E-state index in [1.165, 1.54) is 0 Å². The van der Waals surface area contributed by atoms with E-state index in [0.717, 1.165) is 10.9 Å². The summed E-state index contributed by atoms with van der Waals surface area (Å²) >= 11 is 3.26. The number of rotatable bonds is 11. The standard InChI is InChI=1S/C24H26BrN3O7/c1-2-14-34-24(33)17-8-12-19(13-9-17)26-20(29)4-3-5-22(31)35-15-21(30)27-28-23(32)16-6-10-18(25)11-7-16/h6-13H,2-5,14-15H2,1H3,(H,26,29)(H,27,30)(H,28,32). The van der Waals surface area contributed by atoms with Crippen LogP contribution in [0.3, 0.4) is 0 Å². The van der Waals surface area contributed by atoms with Crippen LogP contribution in [0.25, 0.3) is 0 Å². The summed E-state index contributed by atoms with van der Waals surface area (Å²) in [6.07, 6.45) is 0.944. The van der Waals surface area contributed by atoms with Crippen LogP contribution in [0.15, 0.2) is 53.0 Å². The topological polar surface area (TPSA) is 140 Å². The van der Waals surface area contributed by atoms with Gasteiger partial charge in [0.15, 0.2) is 6.61 Å². The number of amides is 3. The van der Waals surface area contributed by atoms with Crippen LogP contribution in [0.2, 0.25) is 0 Å². The van der Waals surface area contributed by atoms with Crippen molar-refractivity contribution in [2.45, 2.75) is 32.6 Å². The van der Waals surface area contributed by atoms with E-state index in [1.54, 1.807) is 48.5 Å². The minimum atomic E-state index is -0.705. The Morgan fingerprint density at radius 3 is 2.11 bits per heavy atom. The lowest BCUT2D eigenvalue weighted by molar-refractivity contribution is -0.148. The number of anilines is 1. The summed E-state index contributed by atoms with van der Waals surface area (Å²) in [6.45, 7) is 1.67. The number of nitrogens with one attached hydrogen (secondary N) is 3. The van der Waals surface area contributed by atoms with Crippen molar-refractivity contribution < 1.29 is 33.4 Å². The summed E-state index contributed by atoms with van der Waals surface area (Å²) < 4.78 is 10.7. The van der Waals surface area contributed by atoms with E-state index in [1.807, 2.05) is 6.92 Å². The first kappa shape index (κ1) is 27.5. The van der Waals surface area contributed by atoms with Gasteiger partial charge in [-0.1, -0.05) is 22.9 Å². The number of carbonyl (C=O) groups excluding carboxylic acids is 5. The molecule has 186 valence electrons. The molecule has 0 aliphatic carbocycles. The average molecular weight is 548 g/mol. The molecular weight excluding hydrogens is 522 g/mol. The first-order chi connectivity index (χ1) is 16.8. The van der Waals surface area contributed by atoms with E-state index in [9.17, 15) is 24.0 Å². The van der Waals surface area contributed by atoms with Gasteiger partial charge in [0, 0.05) is 28.6 Å². The summed E-state index contributed by atoms with van der Waals surface area (Å²) in [7, 11) is 0. The van der Waals surface area contributed by atoms with Crippen LogP contribution in [0.1, 0.15) is 53.3 Å². The van der Waals surface area contributed by atoms with Crippen LogP contribution in [-0.4, -0.2) is 42.9 Å². The molecule has 0 unspecified atom stereocenters. The van der Waals surface area contributed by atoms with Crippen molar-refractivity contribution in [3.05, 3.63) is 64.1 Å². The average Bonchev–Trinajstić information content (AvgIpc) is 2.85. The summed E-state index contributed by atoms with van der Waals surface area (Å²) in [4.78, 5) is 59.3. The van der Waals surface area contributed by atoms with Gasteiger partial charge in [0.05, 0.1) is 12.2 Å². The van der Waals surface area contributed by atoms with Crippen molar-refractivity contribution in [1.29, 1.82) is 0 Å². The van der Waals surface area contributed by atoms with Crippen molar-refractivity contribution in [3.63, 3.8) is 0 Å². The van der Waals surface area contributed by atoms with E-state index in [-0.39, 0.29) is 25.2 Å². The molecular formula is C24H26BrN3O7. The third-order valence-electron chi connectivity index (χ3n) is 4.41. The highest BCUT2D eigenvalue weighted by Crippen LogP contribution is 2.12. The molecule has 0 aliphatic rings. The van der Waals surface area contributed by atoms with E-state index in [4.69, 9.17) is 9.47 Å². The van der Waals surface area contributed by atoms with E-state index in [0.29, 0.717) is 23.4 Å². The highest BCUT2D eigenvalue weighted by Gasteiger charge is 2.12. The third-order valence-corrected chi connectivity index (χ3v) is 4.94. The van der Waals surface area contributed by atoms with Gasteiger partial charge in [-0.15, -0.1) is 0 Å². The second-order valence-corrected chi connectivity index (χ2v) is 8.20. The first-order valence-electron chi connectivity index (χ1n) is 10.9. The van der Waals surface area contributed by atoms with E-state index in [2.05, 4.69) is 32.1 Å². The molecule has 0 saturated heterocycles. The lowest BCUT2D eigenvalue weighted by Crippen LogP contribution is -2.43. The van der Waals surface area contributed by atoms with Gasteiger partial charge in [0.1, 0.15) is 0 Å². The molecule has 35 heavy (non-hydrogen) atoms. The van der Waals surface area contributed by atoms with Crippen molar-refractivity contribution >= 4 is 51.3 Å². The van der Waals surface area contributed by atoms with E-state index < -0.39 is 30.4 Å². The van der Waals surface area contributed by atoms with Crippen molar-refractivity contribution in [1.82, 2.24) is 10.9 Å². The summed E-state index contributed by atoms with van der Waals surface area (Å²) in [5, 5.41) is 2.67. The Kier molecular flexibility index (Phi) is 11.4. The van der Waals surface area contributed by atoms with Gasteiger partial charge < -0.3 is 14.8 Å². The lowest BCUT2D eigenvalue weighted by Gasteiger charge is -2.09. The number of hydrogen-bond donors (Lipinski definition) is 3. The molecule has 0 bridgehead atoms. The zero-order valence-corrected chi connectivity index (χ0v) is 20.7.